The average molecular weight is 313 g/mol. The third-order valence-electron chi connectivity index (χ3n) is 5.20. The Morgan fingerprint density at radius 2 is 2.04 bits per heavy atom. The van der Waals surface area contributed by atoms with Crippen molar-refractivity contribution >= 4 is 5.91 Å². The first-order chi connectivity index (χ1) is 11.1. The molecule has 1 amide bonds. The molecule has 23 heavy (non-hydrogen) atoms. The first kappa shape index (κ1) is 14.5. The van der Waals surface area contributed by atoms with E-state index in [9.17, 15) is 4.79 Å². The molecule has 6 nitrogen and oxygen atoms in total. The van der Waals surface area contributed by atoms with E-state index >= 15 is 0 Å². The van der Waals surface area contributed by atoms with E-state index < -0.39 is 0 Å². The summed E-state index contributed by atoms with van der Waals surface area (Å²) in [7, 11) is 1.93. The Morgan fingerprint density at radius 1 is 1.26 bits per heavy atom. The maximum atomic E-state index is 13.0. The van der Waals surface area contributed by atoms with Crippen LogP contribution in [0.4, 0.5) is 0 Å². The Hall–Kier alpha value is -2.11. The third-order valence-corrected chi connectivity index (χ3v) is 5.20. The van der Waals surface area contributed by atoms with Gasteiger partial charge in [0.2, 0.25) is 0 Å². The summed E-state index contributed by atoms with van der Waals surface area (Å²) >= 11 is 0. The highest BCUT2D eigenvalue weighted by atomic mass is 16.2. The largest absolute Gasteiger partial charge is 0.347 e. The van der Waals surface area contributed by atoms with Crippen molar-refractivity contribution < 1.29 is 4.79 Å². The Bertz CT molecular complexity index is 744. The Kier molecular flexibility index (Phi) is 3.28. The molecule has 0 N–H and O–H groups in total. The fourth-order valence-corrected chi connectivity index (χ4v) is 4.04. The molecule has 6 heteroatoms. The minimum Gasteiger partial charge on any atom is -0.347 e. The molecule has 1 fully saturated rings. The number of aromatic nitrogens is 4. The summed E-state index contributed by atoms with van der Waals surface area (Å²) in [5.74, 6) is 2.57. The first-order valence-electron chi connectivity index (χ1n) is 8.42. The van der Waals surface area contributed by atoms with Crippen LogP contribution in [0.1, 0.15) is 54.7 Å². The second-order valence-corrected chi connectivity index (χ2v) is 7.05. The number of aryl methyl sites for hydroxylation is 1. The highest BCUT2D eigenvalue weighted by molar-refractivity contribution is 5.93. The van der Waals surface area contributed by atoms with Crippen LogP contribution in [-0.2, 0) is 20.0 Å². The summed E-state index contributed by atoms with van der Waals surface area (Å²) in [5.41, 5.74) is 0.767. The lowest BCUT2D eigenvalue weighted by Crippen LogP contribution is -2.42. The van der Waals surface area contributed by atoms with E-state index in [1.807, 2.05) is 29.9 Å². The molecule has 0 aliphatic carbocycles. The van der Waals surface area contributed by atoms with Crippen LogP contribution in [0.5, 0.6) is 0 Å². The molecule has 2 atom stereocenters. The summed E-state index contributed by atoms with van der Waals surface area (Å²) in [6.45, 7) is 5.11. The van der Waals surface area contributed by atoms with Gasteiger partial charge in [-0.25, -0.2) is 0 Å². The minimum atomic E-state index is 0.148. The second kappa shape index (κ2) is 5.22. The fourth-order valence-electron chi connectivity index (χ4n) is 4.04. The number of carbonyl (C=O) groups is 1. The average Bonchev–Trinajstić information content (AvgIpc) is 3.16. The molecular weight excluding hydrogens is 290 g/mol. The van der Waals surface area contributed by atoms with Gasteiger partial charge in [-0.1, -0.05) is 13.8 Å². The SMILES string of the molecule is CC(C)c1nnc2n1C[C@H]1CC[C@@H](C2)N1C(=O)c1cccn1C. The zero-order valence-electron chi connectivity index (χ0n) is 13.9. The highest BCUT2D eigenvalue weighted by Gasteiger charge is 2.41. The molecule has 2 aromatic rings. The number of rotatable bonds is 2. The first-order valence-corrected chi connectivity index (χ1v) is 8.42. The number of amides is 1. The molecule has 1 saturated heterocycles. The topological polar surface area (TPSA) is 56.0 Å². The number of hydrogen-bond acceptors (Lipinski definition) is 3. The quantitative estimate of drug-likeness (QED) is 0.852. The highest BCUT2D eigenvalue weighted by Crippen LogP contribution is 2.33. The molecule has 0 saturated carbocycles. The van der Waals surface area contributed by atoms with Crippen molar-refractivity contribution in [2.45, 2.75) is 57.7 Å². The van der Waals surface area contributed by atoms with E-state index in [4.69, 9.17) is 0 Å². The normalized spacial score (nSPS) is 23.2. The number of fused-ring (bicyclic) bond motifs is 3. The van der Waals surface area contributed by atoms with Crippen LogP contribution < -0.4 is 0 Å². The number of carbonyl (C=O) groups excluding carboxylic acids is 1. The van der Waals surface area contributed by atoms with Gasteiger partial charge in [0.1, 0.15) is 17.3 Å². The van der Waals surface area contributed by atoms with Gasteiger partial charge in [-0.05, 0) is 25.0 Å². The molecule has 4 heterocycles. The standard InChI is InChI=1S/C17H23N5O/c1-11(2)16-19-18-15-9-12-6-7-13(10-21(15)16)22(12)17(23)14-5-4-8-20(14)3/h4-5,8,11-13H,6-7,9-10H2,1-3H3/t12-,13+/m0/s1. The lowest BCUT2D eigenvalue weighted by Gasteiger charge is -2.28. The van der Waals surface area contributed by atoms with Crippen molar-refractivity contribution in [2.24, 2.45) is 7.05 Å². The summed E-state index contributed by atoms with van der Waals surface area (Å²) in [6.07, 6.45) is 4.87. The molecule has 0 spiro atoms. The Labute approximate surface area is 136 Å². The molecule has 2 aliphatic heterocycles. The zero-order valence-corrected chi connectivity index (χ0v) is 13.9. The van der Waals surface area contributed by atoms with Crippen LogP contribution in [-0.4, -0.2) is 42.2 Å². The molecule has 122 valence electrons. The van der Waals surface area contributed by atoms with Gasteiger partial charge >= 0.3 is 0 Å². The predicted octanol–water partition coefficient (Wildman–Crippen LogP) is 1.97. The smallest absolute Gasteiger partial charge is 0.271 e. The van der Waals surface area contributed by atoms with Gasteiger partial charge in [0.15, 0.2) is 0 Å². The van der Waals surface area contributed by atoms with Crippen molar-refractivity contribution in [1.29, 1.82) is 0 Å². The summed E-state index contributed by atoms with van der Waals surface area (Å²) < 4.78 is 4.16. The van der Waals surface area contributed by atoms with Crippen molar-refractivity contribution in [1.82, 2.24) is 24.2 Å². The molecular formula is C17H23N5O. The van der Waals surface area contributed by atoms with E-state index in [0.717, 1.165) is 43.1 Å². The lowest BCUT2D eigenvalue weighted by molar-refractivity contribution is 0.0655. The predicted molar refractivity (Wildman–Crippen MR) is 86.2 cm³/mol. The van der Waals surface area contributed by atoms with E-state index in [1.165, 1.54) is 0 Å². The molecule has 0 radical (unpaired) electrons. The van der Waals surface area contributed by atoms with Gasteiger partial charge in [-0.2, -0.15) is 0 Å². The van der Waals surface area contributed by atoms with Crippen LogP contribution in [0.15, 0.2) is 18.3 Å². The van der Waals surface area contributed by atoms with Crippen molar-refractivity contribution in [2.75, 3.05) is 0 Å². The molecule has 2 aromatic heterocycles. The van der Waals surface area contributed by atoms with Crippen molar-refractivity contribution in [3.05, 3.63) is 35.7 Å². The summed E-state index contributed by atoms with van der Waals surface area (Å²) in [4.78, 5) is 15.2. The monoisotopic (exact) mass is 313 g/mol. The van der Waals surface area contributed by atoms with E-state index in [1.54, 1.807) is 0 Å². The van der Waals surface area contributed by atoms with Crippen molar-refractivity contribution in [3.8, 4) is 0 Å². The van der Waals surface area contributed by atoms with E-state index in [-0.39, 0.29) is 18.0 Å². The van der Waals surface area contributed by atoms with Crippen LogP contribution in [0.3, 0.4) is 0 Å². The molecule has 2 aliphatic rings. The second-order valence-electron chi connectivity index (χ2n) is 7.05. The van der Waals surface area contributed by atoms with Gasteiger partial charge in [0, 0.05) is 38.2 Å². The fraction of sp³-hybridized carbons (Fsp3) is 0.588. The maximum Gasteiger partial charge on any atom is 0.271 e. The van der Waals surface area contributed by atoms with Gasteiger partial charge in [0.25, 0.3) is 5.91 Å². The van der Waals surface area contributed by atoms with Gasteiger partial charge < -0.3 is 14.0 Å². The van der Waals surface area contributed by atoms with Gasteiger partial charge in [0.05, 0.1) is 6.04 Å². The molecule has 0 unspecified atom stereocenters. The van der Waals surface area contributed by atoms with E-state index in [0.29, 0.717) is 5.92 Å². The molecule has 4 rings (SSSR count). The summed E-state index contributed by atoms with van der Waals surface area (Å²) in [6, 6.07) is 4.33. The van der Waals surface area contributed by atoms with E-state index in [2.05, 4.69) is 33.5 Å². The lowest BCUT2D eigenvalue weighted by atomic mass is 10.1. The third kappa shape index (κ3) is 2.19. The van der Waals surface area contributed by atoms with Gasteiger partial charge in [-0.15, -0.1) is 10.2 Å². The Balaban J connectivity index is 1.68. The van der Waals surface area contributed by atoms with Crippen LogP contribution in [0, 0.1) is 0 Å². The van der Waals surface area contributed by atoms with Crippen LogP contribution in [0.25, 0.3) is 0 Å². The zero-order chi connectivity index (χ0) is 16.1. The maximum absolute atomic E-state index is 13.0. The molecule has 2 bridgehead atoms. The van der Waals surface area contributed by atoms with Crippen LogP contribution >= 0.6 is 0 Å². The molecule has 0 aromatic carbocycles. The Morgan fingerprint density at radius 3 is 2.74 bits per heavy atom. The minimum absolute atomic E-state index is 0.148. The summed E-state index contributed by atoms with van der Waals surface area (Å²) in [5, 5.41) is 8.78. The number of hydrogen-bond donors (Lipinski definition) is 0. The van der Waals surface area contributed by atoms with Crippen molar-refractivity contribution in [3.63, 3.8) is 0 Å². The number of nitrogens with zero attached hydrogens (tertiary/aromatic N) is 5. The van der Waals surface area contributed by atoms with Crippen LogP contribution in [0.2, 0.25) is 0 Å². The van der Waals surface area contributed by atoms with Gasteiger partial charge in [-0.3, -0.25) is 4.79 Å².